The lowest BCUT2D eigenvalue weighted by atomic mass is 9.92. The summed E-state index contributed by atoms with van der Waals surface area (Å²) in [6.07, 6.45) is 2.81. The molecule has 0 spiro atoms. The Morgan fingerprint density at radius 2 is 1.88 bits per heavy atom. The van der Waals surface area contributed by atoms with Crippen molar-refractivity contribution in [2.45, 2.75) is 58.6 Å². The van der Waals surface area contributed by atoms with Crippen molar-refractivity contribution in [3.05, 3.63) is 80.2 Å². The third-order valence-corrected chi connectivity index (χ3v) is 8.28. The molecule has 5 rings (SSSR count). The summed E-state index contributed by atoms with van der Waals surface area (Å²) in [5.41, 5.74) is -1.54. The number of esters is 1. The van der Waals surface area contributed by atoms with Crippen molar-refractivity contribution in [1.29, 1.82) is 0 Å². The molecule has 4 aromatic rings. The van der Waals surface area contributed by atoms with Gasteiger partial charge in [0.2, 0.25) is 5.43 Å². The van der Waals surface area contributed by atoms with Crippen LogP contribution in [0.25, 0.3) is 27.3 Å². The molecule has 12 heteroatoms. The molecule has 0 saturated carbocycles. The number of aromatic nitrogens is 2. The fourth-order valence-electron chi connectivity index (χ4n) is 5.12. The minimum absolute atomic E-state index is 0.0279. The van der Waals surface area contributed by atoms with Gasteiger partial charge in [-0.15, -0.1) is 11.3 Å². The SMILES string of the molecule is CCOC(=O)c1cn(-c2ccc(F)cc2F)c2nc(-c3cc4c(s3)CCCC4N(C)C(=O)OC(C)(C)C)c(F)cc2c1=O. The van der Waals surface area contributed by atoms with Gasteiger partial charge < -0.3 is 14.4 Å². The molecule has 0 saturated heterocycles. The summed E-state index contributed by atoms with van der Waals surface area (Å²) in [7, 11) is 1.66. The molecule has 43 heavy (non-hydrogen) atoms. The minimum atomic E-state index is -0.980. The van der Waals surface area contributed by atoms with Gasteiger partial charge in [-0.1, -0.05) is 0 Å². The number of rotatable bonds is 5. The molecule has 1 aliphatic rings. The van der Waals surface area contributed by atoms with Gasteiger partial charge in [-0.2, -0.15) is 0 Å². The minimum Gasteiger partial charge on any atom is -0.462 e. The van der Waals surface area contributed by atoms with E-state index in [2.05, 4.69) is 4.98 Å². The van der Waals surface area contributed by atoms with Crippen molar-refractivity contribution < 1.29 is 32.2 Å². The number of thiophene rings is 1. The number of fused-ring (bicyclic) bond motifs is 2. The second-order valence-corrected chi connectivity index (χ2v) is 12.4. The molecule has 0 radical (unpaired) electrons. The van der Waals surface area contributed by atoms with Crippen molar-refractivity contribution in [3.8, 4) is 16.3 Å². The van der Waals surface area contributed by atoms with Gasteiger partial charge >= 0.3 is 12.1 Å². The van der Waals surface area contributed by atoms with Gasteiger partial charge in [-0.25, -0.2) is 27.7 Å². The third kappa shape index (κ3) is 5.88. The summed E-state index contributed by atoms with van der Waals surface area (Å²) in [6, 6.07) is 5.24. The molecule has 1 unspecified atom stereocenters. The summed E-state index contributed by atoms with van der Waals surface area (Å²) in [5, 5.41) is -0.278. The summed E-state index contributed by atoms with van der Waals surface area (Å²) >= 11 is 1.32. The molecule has 0 aliphatic heterocycles. The number of carbonyl (C=O) groups excluding carboxylic acids is 2. The second-order valence-electron chi connectivity index (χ2n) is 11.2. The van der Waals surface area contributed by atoms with Gasteiger partial charge in [0, 0.05) is 24.2 Å². The molecule has 0 bridgehead atoms. The Hall–Kier alpha value is -4.19. The van der Waals surface area contributed by atoms with Crippen LogP contribution < -0.4 is 5.43 Å². The van der Waals surface area contributed by atoms with Crippen molar-refractivity contribution >= 4 is 34.4 Å². The number of halogens is 3. The molecule has 226 valence electrons. The maximum absolute atomic E-state index is 15.7. The smallest absolute Gasteiger partial charge is 0.410 e. The van der Waals surface area contributed by atoms with Crippen LogP contribution >= 0.6 is 11.3 Å². The van der Waals surface area contributed by atoms with E-state index in [1.54, 1.807) is 40.8 Å². The van der Waals surface area contributed by atoms with Crippen molar-refractivity contribution in [1.82, 2.24) is 14.5 Å². The van der Waals surface area contributed by atoms with E-state index in [0.29, 0.717) is 17.4 Å². The van der Waals surface area contributed by atoms with Crippen LogP contribution in [-0.2, 0) is 15.9 Å². The standard InChI is InChI=1S/C31H30F3N3O5S/c1-6-41-29(39)19-15-37(23-11-10-16(32)12-20(23)33)28-18(27(19)38)13-21(34)26(35-28)25-14-17-22(8-7-9-24(17)43-25)36(5)30(40)42-31(2,3)4/h10-15,22H,6-9H2,1-5H3. The van der Waals surface area contributed by atoms with E-state index < -0.39 is 46.1 Å². The van der Waals surface area contributed by atoms with Gasteiger partial charge in [0.15, 0.2) is 5.82 Å². The molecule has 1 aromatic carbocycles. The summed E-state index contributed by atoms with van der Waals surface area (Å²) in [6.45, 7) is 6.89. The maximum Gasteiger partial charge on any atom is 0.410 e. The average molecular weight is 614 g/mol. The second kappa shape index (κ2) is 11.5. The molecular formula is C31H30F3N3O5S. The molecule has 1 amide bonds. The van der Waals surface area contributed by atoms with Crippen LogP contribution in [0.4, 0.5) is 18.0 Å². The van der Waals surface area contributed by atoms with E-state index in [1.807, 2.05) is 0 Å². The highest BCUT2D eigenvalue weighted by atomic mass is 32.1. The van der Waals surface area contributed by atoms with E-state index in [0.717, 1.165) is 52.2 Å². The number of hydrogen-bond donors (Lipinski definition) is 0. The lowest BCUT2D eigenvalue weighted by Crippen LogP contribution is -2.37. The van der Waals surface area contributed by atoms with E-state index in [1.165, 1.54) is 16.2 Å². The largest absolute Gasteiger partial charge is 0.462 e. The van der Waals surface area contributed by atoms with Crippen LogP contribution in [0, 0.1) is 17.5 Å². The number of amides is 1. The highest BCUT2D eigenvalue weighted by Crippen LogP contribution is 2.43. The first-order valence-electron chi connectivity index (χ1n) is 13.8. The number of ether oxygens (including phenoxy) is 2. The predicted molar refractivity (Wildman–Crippen MR) is 156 cm³/mol. The summed E-state index contributed by atoms with van der Waals surface area (Å²) in [4.78, 5) is 46.1. The molecule has 3 heterocycles. The molecule has 8 nitrogen and oxygen atoms in total. The number of carbonyl (C=O) groups is 2. The number of pyridine rings is 2. The Labute approximate surface area is 249 Å². The van der Waals surface area contributed by atoms with E-state index >= 15 is 4.39 Å². The first kappa shape index (κ1) is 30.3. The fraction of sp³-hybridized carbons (Fsp3) is 0.355. The number of benzene rings is 1. The number of hydrogen-bond acceptors (Lipinski definition) is 7. The third-order valence-electron chi connectivity index (χ3n) is 7.06. The zero-order valence-electron chi connectivity index (χ0n) is 24.3. The van der Waals surface area contributed by atoms with Crippen LogP contribution in [-0.4, -0.2) is 45.8 Å². The van der Waals surface area contributed by atoms with Gasteiger partial charge in [-0.3, -0.25) is 9.36 Å². The van der Waals surface area contributed by atoms with Gasteiger partial charge in [-0.05, 0) is 76.8 Å². The van der Waals surface area contributed by atoms with Gasteiger partial charge in [0.1, 0.15) is 34.1 Å². The van der Waals surface area contributed by atoms with Crippen LogP contribution in [0.5, 0.6) is 0 Å². The Bertz CT molecular complexity index is 1810. The molecule has 1 atom stereocenters. The molecular weight excluding hydrogens is 583 g/mol. The molecule has 1 aliphatic carbocycles. The van der Waals surface area contributed by atoms with Crippen LogP contribution in [0.1, 0.15) is 67.4 Å². The Morgan fingerprint density at radius 1 is 1.14 bits per heavy atom. The Morgan fingerprint density at radius 3 is 2.56 bits per heavy atom. The summed E-state index contributed by atoms with van der Waals surface area (Å²) in [5.74, 6) is -3.60. The zero-order chi connectivity index (χ0) is 31.2. The molecule has 0 fully saturated rings. The monoisotopic (exact) mass is 613 g/mol. The zero-order valence-corrected chi connectivity index (χ0v) is 25.1. The first-order chi connectivity index (χ1) is 20.3. The van der Waals surface area contributed by atoms with Crippen LogP contribution in [0.15, 0.2) is 41.3 Å². The van der Waals surface area contributed by atoms with E-state index in [9.17, 15) is 23.2 Å². The van der Waals surface area contributed by atoms with Gasteiger partial charge in [0.05, 0.1) is 28.6 Å². The molecule has 3 aromatic heterocycles. The number of aryl methyl sites for hydroxylation is 1. The quantitative estimate of drug-likeness (QED) is 0.226. The maximum atomic E-state index is 15.7. The highest BCUT2D eigenvalue weighted by Gasteiger charge is 2.32. The predicted octanol–water partition coefficient (Wildman–Crippen LogP) is 6.95. The number of nitrogens with zero attached hydrogens (tertiary/aromatic N) is 3. The molecule has 0 N–H and O–H groups in total. The van der Waals surface area contributed by atoms with E-state index in [4.69, 9.17) is 9.47 Å². The first-order valence-corrected chi connectivity index (χ1v) is 14.6. The van der Waals surface area contributed by atoms with Crippen molar-refractivity contribution in [3.63, 3.8) is 0 Å². The fourth-order valence-corrected chi connectivity index (χ4v) is 6.37. The Kier molecular flexibility index (Phi) is 8.08. The topological polar surface area (TPSA) is 90.7 Å². The van der Waals surface area contributed by atoms with Crippen LogP contribution in [0.3, 0.4) is 0 Å². The summed E-state index contributed by atoms with van der Waals surface area (Å²) < 4.78 is 56.1. The lowest BCUT2D eigenvalue weighted by Gasteiger charge is -2.33. The highest BCUT2D eigenvalue weighted by molar-refractivity contribution is 7.15. The Balaban J connectivity index is 1.67. The van der Waals surface area contributed by atoms with Crippen molar-refractivity contribution in [2.24, 2.45) is 0 Å². The normalized spacial score (nSPS) is 14.8. The van der Waals surface area contributed by atoms with E-state index in [-0.39, 0.29) is 35.1 Å². The van der Waals surface area contributed by atoms with Gasteiger partial charge in [0.25, 0.3) is 0 Å². The lowest BCUT2D eigenvalue weighted by molar-refractivity contribution is 0.0205. The van der Waals surface area contributed by atoms with Crippen LogP contribution in [0.2, 0.25) is 0 Å². The van der Waals surface area contributed by atoms with Crippen molar-refractivity contribution in [2.75, 3.05) is 13.7 Å². The average Bonchev–Trinajstić information content (AvgIpc) is 3.37.